The largest absolute Gasteiger partial charge is 0.361 e. The van der Waals surface area contributed by atoms with E-state index in [1.165, 1.54) is 10.9 Å². The number of hydrogen-bond acceptors (Lipinski definition) is 2. The van der Waals surface area contributed by atoms with Crippen molar-refractivity contribution in [3.05, 3.63) is 36.0 Å². The van der Waals surface area contributed by atoms with Gasteiger partial charge in [-0.05, 0) is 44.1 Å². The van der Waals surface area contributed by atoms with Crippen LogP contribution in [0.4, 0.5) is 0 Å². The topological polar surface area (TPSA) is 36.1 Å². The number of hydrogen-bond donors (Lipinski definition) is 1. The molecule has 0 saturated carbocycles. The first-order valence-corrected chi connectivity index (χ1v) is 6.53. The lowest BCUT2D eigenvalue weighted by molar-refractivity contribution is -0.126. The maximum absolute atomic E-state index is 12.0. The Bertz CT molecular complexity index is 573. The molecular weight excluding hydrogens is 224 g/mol. The van der Waals surface area contributed by atoms with Gasteiger partial charge < -0.3 is 4.98 Å². The molecule has 3 rings (SSSR count). The first-order valence-electron chi connectivity index (χ1n) is 6.53. The fraction of sp³-hybridized carbons (Fsp3) is 0.400. The minimum atomic E-state index is 0.0549. The molecule has 1 N–H and O–H groups in total. The molecule has 1 aromatic heterocycles. The lowest BCUT2D eigenvalue weighted by Gasteiger charge is -2.31. The number of carbonyl (C=O) groups excluding carboxylic acids is 1. The normalized spacial score (nSPS) is 21.6. The van der Waals surface area contributed by atoms with Crippen LogP contribution in [0.15, 0.2) is 30.5 Å². The molecule has 1 saturated heterocycles. The third kappa shape index (κ3) is 1.95. The fourth-order valence-corrected chi connectivity index (χ4v) is 2.88. The van der Waals surface area contributed by atoms with Gasteiger partial charge in [0.25, 0.3) is 0 Å². The van der Waals surface area contributed by atoms with Crippen molar-refractivity contribution < 1.29 is 4.79 Å². The van der Waals surface area contributed by atoms with E-state index in [0.29, 0.717) is 5.78 Å². The summed E-state index contributed by atoms with van der Waals surface area (Å²) in [6.07, 6.45) is 4.52. The van der Waals surface area contributed by atoms with E-state index in [9.17, 15) is 4.79 Å². The summed E-state index contributed by atoms with van der Waals surface area (Å²) in [5, 5.41) is 1.24. The molecule has 1 atom stereocenters. The van der Waals surface area contributed by atoms with Crippen LogP contribution in [0.3, 0.4) is 0 Å². The Hall–Kier alpha value is -1.61. The van der Waals surface area contributed by atoms with Crippen LogP contribution < -0.4 is 0 Å². The minimum absolute atomic E-state index is 0.0549. The molecule has 0 amide bonds. The molecule has 0 spiro atoms. The molecular formula is C15H18N2O. The third-order valence-corrected chi connectivity index (χ3v) is 3.94. The van der Waals surface area contributed by atoms with Gasteiger partial charge in [0.2, 0.25) is 0 Å². The van der Waals surface area contributed by atoms with Crippen molar-refractivity contribution in [3.63, 3.8) is 0 Å². The van der Waals surface area contributed by atoms with Crippen molar-refractivity contribution in [1.82, 2.24) is 9.88 Å². The Morgan fingerprint density at radius 3 is 3.11 bits per heavy atom. The Labute approximate surface area is 107 Å². The number of nitrogens with zero attached hydrogens (tertiary/aromatic N) is 1. The van der Waals surface area contributed by atoms with Gasteiger partial charge in [0, 0.05) is 23.5 Å². The number of carbonyl (C=O) groups is 1. The number of benzene rings is 1. The number of likely N-dealkylation sites (N-methyl/N-ethyl adjacent to an activating group) is 1. The first-order chi connectivity index (χ1) is 8.75. The molecule has 1 aliphatic heterocycles. The van der Waals surface area contributed by atoms with Gasteiger partial charge in [-0.2, -0.15) is 0 Å². The van der Waals surface area contributed by atoms with Gasteiger partial charge in [0.05, 0.1) is 6.04 Å². The highest BCUT2D eigenvalue weighted by atomic mass is 16.1. The van der Waals surface area contributed by atoms with Gasteiger partial charge in [-0.3, -0.25) is 9.69 Å². The summed E-state index contributed by atoms with van der Waals surface area (Å²) in [7, 11) is 2.05. The summed E-state index contributed by atoms with van der Waals surface area (Å²) >= 11 is 0. The molecule has 3 heteroatoms. The Balaban J connectivity index is 1.91. The number of ketones is 1. The van der Waals surface area contributed by atoms with Gasteiger partial charge in [-0.1, -0.05) is 12.1 Å². The summed E-state index contributed by atoms with van der Waals surface area (Å²) in [6, 6.07) is 8.41. The predicted molar refractivity (Wildman–Crippen MR) is 72.7 cm³/mol. The van der Waals surface area contributed by atoms with Crippen molar-refractivity contribution >= 4 is 16.7 Å². The highest BCUT2D eigenvalue weighted by Crippen LogP contribution is 2.22. The summed E-state index contributed by atoms with van der Waals surface area (Å²) in [5.41, 5.74) is 2.42. The van der Waals surface area contributed by atoms with E-state index in [1.54, 1.807) is 0 Å². The van der Waals surface area contributed by atoms with E-state index in [-0.39, 0.29) is 6.04 Å². The lowest BCUT2D eigenvalue weighted by Crippen LogP contribution is -2.44. The van der Waals surface area contributed by atoms with Crippen molar-refractivity contribution in [2.24, 2.45) is 0 Å². The van der Waals surface area contributed by atoms with Crippen LogP contribution in [-0.2, 0) is 11.2 Å². The number of likely N-dealkylation sites (tertiary alicyclic amines) is 1. The van der Waals surface area contributed by atoms with Crippen molar-refractivity contribution in [3.8, 4) is 0 Å². The number of fused-ring (bicyclic) bond motifs is 1. The summed E-state index contributed by atoms with van der Waals surface area (Å²) in [4.78, 5) is 17.4. The summed E-state index contributed by atoms with van der Waals surface area (Å²) < 4.78 is 0. The molecule has 94 valence electrons. The molecule has 2 heterocycles. The monoisotopic (exact) mass is 242 g/mol. The SMILES string of the molecule is CN1CCCC(=O)C1Cc1cccc2[nH]ccc12. The van der Waals surface area contributed by atoms with E-state index in [2.05, 4.69) is 41.2 Å². The second kappa shape index (κ2) is 4.58. The van der Waals surface area contributed by atoms with Gasteiger partial charge >= 0.3 is 0 Å². The summed E-state index contributed by atoms with van der Waals surface area (Å²) in [5.74, 6) is 0.385. The standard InChI is InChI=1S/C15H18N2O/c1-17-9-3-6-15(18)14(17)10-11-4-2-5-13-12(11)7-8-16-13/h2,4-5,7-8,14,16H,3,6,9-10H2,1H3. The average molecular weight is 242 g/mol. The second-order valence-corrected chi connectivity index (χ2v) is 5.13. The van der Waals surface area contributed by atoms with Gasteiger partial charge in [-0.25, -0.2) is 0 Å². The van der Waals surface area contributed by atoms with Gasteiger partial charge in [-0.15, -0.1) is 0 Å². The van der Waals surface area contributed by atoms with Crippen molar-refractivity contribution in [2.45, 2.75) is 25.3 Å². The second-order valence-electron chi connectivity index (χ2n) is 5.13. The van der Waals surface area contributed by atoms with Crippen molar-refractivity contribution in [1.29, 1.82) is 0 Å². The van der Waals surface area contributed by atoms with Crippen LogP contribution >= 0.6 is 0 Å². The van der Waals surface area contributed by atoms with Crippen LogP contribution in [-0.4, -0.2) is 35.3 Å². The molecule has 1 unspecified atom stereocenters. The molecule has 2 aromatic rings. The van der Waals surface area contributed by atoms with Crippen LogP contribution in [0.2, 0.25) is 0 Å². The molecule has 1 aliphatic rings. The average Bonchev–Trinajstić information content (AvgIpc) is 2.83. The molecule has 0 bridgehead atoms. The zero-order chi connectivity index (χ0) is 12.5. The van der Waals surface area contributed by atoms with E-state index >= 15 is 0 Å². The van der Waals surface area contributed by atoms with Gasteiger partial charge in [0.1, 0.15) is 5.78 Å². The maximum Gasteiger partial charge on any atom is 0.150 e. The van der Waals surface area contributed by atoms with Crippen molar-refractivity contribution in [2.75, 3.05) is 13.6 Å². The highest BCUT2D eigenvalue weighted by Gasteiger charge is 2.27. The number of piperidine rings is 1. The number of nitrogens with one attached hydrogen (secondary N) is 1. The van der Waals surface area contributed by atoms with Crippen LogP contribution in [0, 0.1) is 0 Å². The molecule has 1 fully saturated rings. The number of aromatic nitrogens is 1. The summed E-state index contributed by atoms with van der Waals surface area (Å²) in [6.45, 7) is 1.03. The van der Waals surface area contributed by atoms with E-state index in [1.807, 2.05) is 6.20 Å². The first kappa shape index (κ1) is 11.5. The van der Waals surface area contributed by atoms with Crippen LogP contribution in [0.1, 0.15) is 18.4 Å². The van der Waals surface area contributed by atoms with E-state index in [4.69, 9.17) is 0 Å². The fourth-order valence-electron chi connectivity index (χ4n) is 2.88. The van der Waals surface area contributed by atoms with Gasteiger partial charge in [0.15, 0.2) is 0 Å². The van der Waals surface area contributed by atoms with Crippen LogP contribution in [0.5, 0.6) is 0 Å². The zero-order valence-corrected chi connectivity index (χ0v) is 10.6. The number of aromatic amines is 1. The molecule has 18 heavy (non-hydrogen) atoms. The molecule has 3 nitrogen and oxygen atoms in total. The third-order valence-electron chi connectivity index (χ3n) is 3.94. The molecule has 1 aromatic carbocycles. The quantitative estimate of drug-likeness (QED) is 0.877. The maximum atomic E-state index is 12.0. The molecule has 0 radical (unpaired) electrons. The van der Waals surface area contributed by atoms with E-state index < -0.39 is 0 Å². The van der Waals surface area contributed by atoms with Crippen LogP contribution in [0.25, 0.3) is 10.9 Å². The lowest BCUT2D eigenvalue weighted by atomic mass is 9.93. The predicted octanol–water partition coefficient (Wildman–Crippen LogP) is 2.37. The Morgan fingerprint density at radius 1 is 1.39 bits per heavy atom. The Kier molecular flexibility index (Phi) is 2.92. The zero-order valence-electron chi connectivity index (χ0n) is 10.6. The molecule has 0 aliphatic carbocycles. The Morgan fingerprint density at radius 2 is 2.28 bits per heavy atom. The smallest absolute Gasteiger partial charge is 0.150 e. The number of H-pyrrole nitrogens is 1. The van der Waals surface area contributed by atoms with E-state index in [0.717, 1.165) is 31.3 Å². The number of Topliss-reactive ketones (excluding diaryl/α,β-unsaturated/α-hetero) is 1. The highest BCUT2D eigenvalue weighted by molar-refractivity contribution is 5.87. The number of rotatable bonds is 2. The minimum Gasteiger partial charge on any atom is -0.361 e.